The van der Waals surface area contributed by atoms with Crippen LogP contribution in [0.5, 0.6) is 0 Å². The predicted molar refractivity (Wildman–Crippen MR) is 99.7 cm³/mol. The van der Waals surface area contributed by atoms with E-state index in [2.05, 4.69) is 36.0 Å². The summed E-state index contributed by atoms with van der Waals surface area (Å²) >= 11 is 4.87. The van der Waals surface area contributed by atoms with Crippen molar-refractivity contribution in [3.8, 4) is 11.5 Å². The number of hydrogen-bond donors (Lipinski definition) is 0. The number of aromatic nitrogens is 4. The molecule has 3 aromatic rings. The van der Waals surface area contributed by atoms with Gasteiger partial charge in [0.2, 0.25) is 11.7 Å². The van der Waals surface area contributed by atoms with E-state index in [1.54, 1.807) is 18.6 Å². The first kappa shape index (κ1) is 17.3. The van der Waals surface area contributed by atoms with Crippen molar-refractivity contribution >= 4 is 33.2 Å². The molecule has 1 atom stereocenters. The molecule has 0 N–H and O–H groups in total. The topological polar surface area (TPSA) is 85.0 Å². The lowest BCUT2D eigenvalue weighted by Gasteiger charge is -2.31. The van der Waals surface area contributed by atoms with Gasteiger partial charge in [-0.1, -0.05) is 5.16 Å². The molecule has 4 rings (SSSR count). The van der Waals surface area contributed by atoms with Crippen molar-refractivity contribution < 1.29 is 9.32 Å². The van der Waals surface area contributed by atoms with Crippen LogP contribution in [0.25, 0.3) is 11.5 Å². The average Bonchev–Trinajstić information content (AvgIpc) is 3.31. The molecular formula is C17H16BrN5O2S. The molecule has 0 radical (unpaired) electrons. The quantitative estimate of drug-likeness (QED) is 0.626. The molecule has 134 valence electrons. The van der Waals surface area contributed by atoms with Gasteiger partial charge in [0.1, 0.15) is 5.69 Å². The SMILES string of the molecule is O=C(c1cc(Br)cs1)N1CCC[C@@H](Cc2nc(-c3cnccn3)no2)C1. The van der Waals surface area contributed by atoms with E-state index in [1.807, 2.05) is 16.3 Å². The first-order chi connectivity index (χ1) is 12.7. The zero-order chi connectivity index (χ0) is 17.9. The largest absolute Gasteiger partial charge is 0.339 e. The van der Waals surface area contributed by atoms with Crippen LogP contribution in [-0.2, 0) is 6.42 Å². The summed E-state index contributed by atoms with van der Waals surface area (Å²) in [6, 6.07) is 1.88. The highest BCUT2D eigenvalue weighted by Gasteiger charge is 2.27. The molecule has 1 amide bonds. The lowest BCUT2D eigenvalue weighted by Crippen LogP contribution is -2.40. The van der Waals surface area contributed by atoms with Gasteiger partial charge in [0.15, 0.2) is 0 Å². The Kier molecular flexibility index (Phi) is 5.07. The third-order valence-corrected chi connectivity index (χ3v) is 5.99. The highest BCUT2D eigenvalue weighted by Crippen LogP contribution is 2.26. The summed E-state index contributed by atoms with van der Waals surface area (Å²) in [5.74, 6) is 1.42. The minimum absolute atomic E-state index is 0.0937. The molecule has 7 nitrogen and oxygen atoms in total. The Hall–Kier alpha value is -2.13. The minimum Gasteiger partial charge on any atom is -0.339 e. The molecule has 0 aliphatic carbocycles. The van der Waals surface area contributed by atoms with Gasteiger partial charge in [-0.25, -0.2) is 4.98 Å². The fourth-order valence-electron chi connectivity index (χ4n) is 3.10. The summed E-state index contributed by atoms with van der Waals surface area (Å²) in [5.41, 5.74) is 0.589. The van der Waals surface area contributed by atoms with Crippen LogP contribution in [0.2, 0.25) is 0 Å². The molecule has 3 aromatic heterocycles. The molecule has 1 aliphatic rings. The summed E-state index contributed by atoms with van der Waals surface area (Å²) in [5, 5.41) is 5.92. The molecule has 1 aliphatic heterocycles. The summed E-state index contributed by atoms with van der Waals surface area (Å²) < 4.78 is 6.32. The Morgan fingerprint density at radius 2 is 2.35 bits per heavy atom. The maximum atomic E-state index is 12.6. The van der Waals surface area contributed by atoms with Crippen LogP contribution >= 0.6 is 27.3 Å². The van der Waals surface area contributed by atoms with Crippen molar-refractivity contribution in [2.75, 3.05) is 13.1 Å². The van der Waals surface area contributed by atoms with Crippen LogP contribution in [0, 0.1) is 5.92 Å². The fraction of sp³-hybridized carbons (Fsp3) is 0.353. The molecular weight excluding hydrogens is 418 g/mol. The molecule has 4 heterocycles. The van der Waals surface area contributed by atoms with Crippen LogP contribution in [0.1, 0.15) is 28.4 Å². The Bertz CT molecular complexity index is 897. The number of carbonyl (C=O) groups is 1. The van der Waals surface area contributed by atoms with Gasteiger partial charge in [0.05, 0.1) is 11.1 Å². The highest BCUT2D eigenvalue weighted by atomic mass is 79.9. The molecule has 1 fully saturated rings. The summed E-state index contributed by atoms with van der Waals surface area (Å²) in [7, 11) is 0. The van der Waals surface area contributed by atoms with Crippen molar-refractivity contribution in [1.82, 2.24) is 25.0 Å². The molecule has 1 saturated heterocycles. The number of amides is 1. The third-order valence-electron chi connectivity index (χ3n) is 4.31. The van der Waals surface area contributed by atoms with Crippen LogP contribution in [0.4, 0.5) is 0 Å². The lowest BCUT2D eigenvalue weighted by molar-refractivity contribution is 0.0673. The van der Waals surface area contributed by atoms with Gasteiger partial charge in [0, 0.05) is 41.8 Å². The number of halogens is 1. The van der Waals surface area contributed by atoms with Crippen LogP contribution < -0.4 is 0 Å². The number of nitrogens with zero attached hydrogens (tertiary/aromatic N) is 5. The van der Waals surface area contributed by atoms with E-state index in [0.717, 1.165) is 28.7 Å². The van der Waals surface area contributed by atoms with Crippen LogP contribution in [0.15, 0.2) is 39.0 Å². The monoisotopic (exact) mass is 433 g/mol. The summed E-state index contributed by atoms with van der Waals surface area (Å²) in [6.07, 6.45) is 7.48. The van der Waals surface area contributed by atoms with Crippen molar-refractivity contribution in [2.45, 2.75) is 19.3 Å². The van der Waals surface area contributed by atoms with Gasteiger partial charge < -0.3 is 9.42 Å². The molecule has 0 bridgehead atoms. The second kappa shape index (κ2) is 7.63. The van der Waals surface area contributed by atoms with E-state index >= 15 is 0 Å². The van der Waals surface area contributed by atoms with E-state index in [-0.39, 0.29) is 5.91 Å². The van der Waals surface area contributed by atoms with Gasteiger partial charge in [-0.15, -0.1) is 11.3 Å². The lowest BCUT2D eigenvalue weighted by atomic mass is 9.94. The maximum absolute atomic E-state index is 12.6. The zero-order valence-electron chi connectivity index (χ0n) is 13.8. The van der Waals surface area contributed by atoms with Crippen LogP contribution in [-0.4, -0.2) is 44.0 Å². The number of piperidine rings is 1. The van der Waals surface area contributed by atoms with Crippen LogP contribution in [0.3, 0.4) is 0 Å². The second-order valence-corrected chi connectivity index (χ2v) is 8.02. The number of carbonyl (C=O) groups excluding carboxylic acids is 1. The maximum Gasteiger partial charge on any atom is 0.263 e. The predicted octanol–water partition coefficient (Wildman–Crippen LogP) is 3.45. The first-order valence-corrected chi connectivity index (χ1v) is 9.98. The van der Waals surface area contributed by atoms with E-state index < -0.39 is 0 Å². The zero-order valence-corrected chi connectivity index (χ0v) is 16.2. The van der Waals surface area contributed by atoms with E-state index in [1.165, 1.54) is 11.3 Å². The molecule has 0 spiro atoms. The van der Waals surface area contributed by atoms with Gasteiger partial charge >= 0.3 is 0 Å². The summed E-state index contributed by atoms with van der Waals surface area (Å²) in [6.45, 7) is 1.50. The molecule has 0 unspecified atom stereocenters. The molecule has 0 aromatic carbocycles. The average molecular weight is 434 g/mol. The standard InChI is InChI=1S/C17H16BrN5O2S/c18-12-7-14(26-10-12)17(24)23-5-1-2-11(9-23)6-15-21-16(22-25-15)13-8-19-3-4-20-13/h3-4,7-8,10-11H,1-2,5-6,9H2/t11-/m0/s1. The van der Waals surface area contributed by atoms with Crippen molar-refractivity contribution in [3.63, 3.8) is 0 Å². The van der Waals surface area contributed by atoms with E-state index in [0.29, 0.717) is 36.3 Å². The van der Waals surface area contributed by atoms with E-state index in [9.17, 15) is 4.79 Å². The minimum atomic E-state index is 0.0937. The molecule has 0 saturated carbocycles. The van der Waals surface area contributed by atoms with Gasteiger partial charge in [-0.2, -0.15) is 4.98 Å². The second-order valence-electron chi connectivity index (χ2n) is 6.20. The van der Waals surface area contributed by atoms with Crippen molar-refractivity contribution in [3.05, 3.63) is 45.3 Å². The first-order valence-electron chi connectivity index (χ1n) is 8.31. The Morgan fingerprint density at radius 1 is 1.42 bits per heavy atom. The molecule has 9 heteroatoms. The Balaban J connectivity index is 1.41. The number of hydrogen-bond acceptors (Lipinski definition) is 7. The normalized spacial score (nSPS) is 17.4. The Morgan fingerprint density at radius 3 is 3.12 bits per heavy atom. The number of rotatable bonds is 4. The van der Waals surface area contributed by atoms with Gasteiger partial charge in [-0.3, -0.25) is 9.78 Å². The third kappa shape index (κ3) is 3.83. The van der Waals surface area contributed by atoms with Gasteiger partial charge in [0.25, 0.3) is 5.91 Å². The molecule has 26 heavy (non-hydrogen) atoms. The van der Waals surface area contributed by atoms with Gasteiger partial charge in [-0.05, 0) is 40.8 Å². The summed E-state index contributed by atoms with van der Waals surface area (Å²) in [4.78, 5) is 27.9. The number of thiophene rings is 1. The van der Waals surface area contributed by atoms with E-state index in [4.69, 9.17) is 4.52 Å². The van der Waals surface area contributed by atoms with Crippen molar-refractivity contribution in [1.29, 1.82) is 0 Å². The smallest absolute Gasteiger partial charge is 0.263 e. The number of likely N-dealkylation sites (tertiary alicyclic amines) is 1. The van der Waals surface area contributed by atoms with Crippen molar-refractivity contribution in [2.24, 2.45) is 5.92 Å². The Labute approximate surface area is 162 Å². The fourth-order valence-corrected chi connectivity index (χ4v) is 4.49. The highest BCUT2D eigenvalue weighted by molar-refractivity contribution is 9.10.